The number of nitrogens with two attached hydrogens (primary N) is 1. The number of amides is 1. The van der Waals surface area contributed by atoms with Crippen molar-refractivity contribution in [1.29, 1.82) is 0 Å². The van der Waals surface area contributed by atoms with Gasteiger partial charge in [0.05, 0.1) is 19.0 Å². The monoisotopic (exact) mass is 298 g/mol. The zero-order chi connectivity index (χ0) is 15.1. The average molecular weight is 298 g/mol. The molecule has 8 heteroatoms. The molecule has 116 valence electrons. The number of nitrogens with zero attached hydrogens (tertiary/aromatic N) is 3. The van der Waals surface area contributed by atoms with Crippen molar-refractivity contribution >= 4 is 6.09 Å². The number of rotatable bonds is 6. The summed E-state index contributed by atoms with van der Waals surface area (Å²) in [5, 5.41) is 0. The lowest BCUT2D eigenvalue weighted by atomic mass is 10.1. The topological polar surface area (TPSA) is 90.6 Å². The van der Waals surface area contributed by atoms with E-state index in [0.717, 1.165) is 51.3 Å². The summed E-state index contributed by atoms with van der Waals surface area (Å²) in [5.41, 5.74) is 4.99. The second-order valence-electron chi connectivity index (χ2n) is 4.86. The largest absolute Gasteiger partial charge is 0.463 e. The number of likely N-dealkylation sites (tertiary alicyclic amines) is 1. The van der Waals surface area contributed by atoms with Crippen LogP contribution in [0.2, 0.25) is 0 Å². The Balaban J connectivity index is 1.57. The number of piperidine rings is 1. The van der Waals surface area contributed by atoms with Crippen LogP contribution in [0.25, 0.3) is 0 Å². The first kappa shape index (κ1) is 15.4. The Morgan fingerprint density at radius 2 is 2.05 bits per heavy atom. The van der Waals surface area contributed by atoms with Gasteiger partial charge in [-0.15, -0.1) is 0 Å². The highest BCUT2D eigenvalue weighted by Gasteiger charge is 2.20. The van der Waals surface area contributed by atoms with Crippen molar-refractivity contribution in [2.75, 3.05) is 26.2 Å². The van der Waals surface area contributed by atoms with Gasteiger partial charge in [0, 0.05) is 19.6 Å². The van der Waals surface area contributed by atoms with Crippen LogP contribution < -0.4 is 10.5 Å². The van der Waals surface area contributed by atoms with E-state index in [0.29, 0.717) is 6.61 Å². The van der Waals surface area contributed by atoms with Crippen molar-refractivity contribution in [3.05, 3.63) is 18.2 Å². The second-order valence-corrected chi connectivity index (χ2v) is 4.86. The van der Waals surface area contributed by atoms with Crippen LogP contribution >= 0.6 is 0 Å². The SMILES string of the molecule is NC(=O)OC1CCN(CCCOc2ncc(F)cn2)CC1. The molecule has 2 N–H and O–H groups in total. The molecule has 0 saturated carbocycles. The van der Waals surface area contributed by atoms with Crippen molar-refractivity contribution in [2.24, 2.45) is 5.73 Å². The predicted molar refractivity (Wildman–Crippen MR) is 72.2 cm³/mol. The summed E-state index contributed by atoms with van der Waals surface area (Å²) in [6.45, 7) is 3.09. The maximum Gasteiger partial charge on any atom is 0.404 e. The molecule has 0 spiro atoms. The normalized spacial score (nSPS) is 16.6. The predicted octanol–water partition coefficient (Wildman–Crippen LogP) is 0.944. The molecule has 1 aliphatic rings. The molecule has 0 bridgehead atoms. The van der Waals surface area contributed by atoms with Gasteiger partial charge < -0.3 is 20.1 Å². The van der Waals surface area contributed by atoms with Gasteiger partial charge in [-0.3, -0.25) is 0 Å². The molecule has 0 unspecified atom stereocenters. The van der Waals surface area contributed by atoms with Gasteiger partial charge in [0.25, 0.3) is 0 Å². The first-order valence-corrected chi connectivity index (χ1v) is 6.92. The summed E-state index contributed by atoms with van der Waals surface area (Å²) in [6, 6.07) is 0.185. The van der Waals surface area contributed by atoms with Crippen LogP contribution in [0.3, 0.4) is 0 Å². The molecular formula is C13H19FN4O3. The third-order valence-corrected chi connectivity index (χ3v) is 3.26. The molecule has 1 aromatic rings. The van der Waals surface area contributed by atoms with Crippen LogP contribution in [-0.4, -0.2) is 53.3 Å². The van der Waals surface area contributed by atoms with Crippen molar-refractivity contribution in [2.45, 2.75) is 25.4 Å². The fourth-order valence-corrected chi connectivity index (χ4v) is 2.24. The highest BCUT2D eigenvalue weighted by atomic mass is 19.1. The molecular weight excluding hydrogens is 279 g/mol. The van der Waals surface area contributed by atoms with E-state index in [1.165, 1.54) is 0 Å². The summed E-state index contributed by atoms with van der Waals surface area (Å²) in [5.74, 6) is -0.483. The Bertz CT molecular complexity index is 449. The Morgan fingerprint density at radius 1 is 1.38 bits per heavy atom. The zero-order valence-electron chi connectivity index (χ0n) is 11.7. The van der Waals surface area contributed by atoms with Gasteiger partial charge in [-0.2, -0.15) is 0 Å². The van der Waals surface area contributed by atoms with E-state index < -0.39 is 11.9 Å². The van der Waals surface area contributed by atoms with Crippen molar-refractivity contribution in [3.8, 4) is 6.01 Å². The molecule has 1 saturated heterocycles. The molecule has 1 aromatic heterocycles. The molecule has 2 heterocycles. The Kier molecular flexibility index (Phi) is 5.68. The Hall–Kier alpha value is -1.96. The maximum absolute atomic E-state index is 12.6. The number of carbonyl (C=O) groups excluding carboxylic acids is 1. The minimum atomic E-state index is -0.707. The molecule has 1 fully saturated rings. The van der Waals surface area contributed by atoms with Gasteiger partial charge in [0.15, 0.2) is 5.82 Å². The second kappa shape index (κ2) is 7.72. The molecule has 1 amide bonds. The van der Waals surface area contributed by atoms with E-state index in [9.17, 15) is 9.18 Å². The molecule has 2 rings (SSSR count). The van der Waals surface area contributed by atoms with E-state index >= 15 is 0 Å². The molecule has 7 nitrogen and oxygen atoms in total. The van der Waals surface area contributed by atoms with Crippen molar-refractivity contribution in [3.63, 3.8) is 0 Å². The smallest absolute Gasteiger partial charge is 0.404 e. The van der Waals surface area contributed by atoms with Crippen molar-refractivity contribution < 1.29 is 18.7 Å². The summed E-state index contributed by atoms with van der Waals surface area (Å²) >= 11 is 0. The van der Waals surface area contributed by atoms with Crippen LogP contribution in [0.4, 0.5) is 9.18 Å². The van der Waals surface area contributed by atoms with Crippen molar-refractivity contribution in [1.82, 2.24) is 14.9 Å². The molecule has 21 heavy (non-hydrogen) atoms. The summed E-state index contributed by atoms with van der Waals surface area (Å²) in [7, 11) is 0. The van der Waals surface area contributed by atoms with Gasteiger partial charge in [-0.1, -0.05) is 0 Å². The Labute approximate surface area is 122 Å². The first-order valence-electron chi connectivity index (χ1n) is 6.92. The van der Waals surface area contributed by atoms with E-state index in [1.54, 1.807) is 0 Å². The Morgan fingerprint density at radius 3 is 2.67 bits per heavy atom. The van der Waals surface area contributed by atoms with E-state index in [2.05, 4.69) is 14.9 Å². The third-order valence-electron chi connectivity index (χ3n) is 3.26. The van der Waals surface area contributed by atoms with Gasteiger partial charge in [-0.25, -0.2) is 19.2 Å². The van der Waals surface area contributed by atoms with Gasteiger partial charge in [0.1, 0.15) is 6.10 Å². The number of aromatic nitrogens is 2. The lowest BCUT2D eigenvalue weighted by molar-refractivity contribution is 0.0548. The number of primary amides is 1. The van der Waals surface area contributed by atoms with E-state index in [-0.39, 0.29) is 12.1 Å². The number of ether oxygens (including phenoxy) is 2. The van der Waals surface area contributed by atoms with Gasteiger partial charge in [-0.05, 0) is 19.3 Å². The highest BCUT2D eigenvalue weighted by Crippen LogP contribution is 2.13. The molecule has 0 aliphatic carbocycles. The van der Waals surface area contributed by atoms with Gasteiger partial charge >= 0.3 is 12.1 Å². The van der Waals surface area contributed by atoms with Crippen LogP contribution in [-0.2, 0) is 4.74 Å². The lowest BCUT2D eigenvalue weighted by Gasteiger charge is -2.31. The summed E-state index contributed by atoms with van der Waals surface area (Å²) < 4.78 is 22.9. The molecule has 0 atom stereocenters. The number of hydrogen-bond acceptors (Lipinski definition) is 6. The number of halogens is 1. The van der Waals surface area contributed by atoms with E-state index in [1.807, 2.05) is 0 Å². The number of hydrogen-bond donors (Lipinski definition) is 1. The maximum atomic E-state index is 12.6. The highest BCUT2D eigenvalue weighted by molar-refractivity contribution is 5.64. The third kappa shape index (κ3) is 5.50. The number of carbonyl (C=O) groups is 1. The quantitative estimate of drug-likeness (QED) is 0.786. The summed E-state index contributed by atoms with van der Waals surface area (Å²) in [4.78, 5) is 20.4. The fraction of sp³-hybridized carbons (Fsp3) is 0.615. The van der Waals surface area contributed by atoms with Crippen LogP contribution in [0.1, 0.15) is 19.3 Å². The average Bonchev–Trinajstić information content (AvgIpc) is 2.46. The molecule has 0 radical (unpaired) electrons. The lowest BCUT2D eigenvalue weighted by Crippen LogP contribution is -2.39. The van der Waals surface area contributed by atoms with Gasteiger partial charge in [0.2, 0.25) is 0 Å². The first-order chi connectivity index (χ1) is 10.1. The minimum absolute atomic E-state index is 0.0670. The molecule has 0 aromatic carbocycles. The summed E-state index contributed by atoms with van der Waals surface area (Å²) in [6.07, 6.45) is 3.79. The van der Waals surface area contributed by atoms with Crippen LogP contribution in [0, 0.1) is 5.82 Å². The minimum Gasteiger partial charge on any atom is -0.463 e. The zero-order valence-corrected chi connectivity index (χ0v) is 11.7. The standard InChI is InChI=1S/C13H19FN4O3/c14-10-8-16-13(17-9-10)20-7-1-4-18-5-2-11(3-6-18)21-12(15)19/h8-9,11H,1-7H2,(H2,15,19). The van der Waals surface area contributed by atoms with Crippen LogP contribution in [0.15, 0.2) is 12.4 Å². The fourth-order valence-electron chi connectivity index (χ4n) is 2.24. The van der Waals surface area contributed by atoms with E-state index in [4.69, 9.17) is 15.2 Å². The van der Waals surface area contributed by atoms with Crippen LogP contribution in [0.5, 0.6) is 6.01 Å². The molecule has 1 aliphatic heterocycles.